The van der Waals surface area contributed by atoms with E-state index in [9.17, 15) is 4.79 Å². The third-order valence-electron chi connectivity index (χ3n) is 3.43. The van der Waals surface area contributed by atoms with E-state index in [-0.39, 0.29) is 11.9 Å². The number of nitrogens with zero attached hydrogens (tertiary/aromatic N) is 2. The van der Waals surface area contributed by atoms with Crippen molar-refractivity contribution >= 4 is 16.7 Å². The fraction of sp³-hybridized carbons (Fsp3) is 0.467. The van der Waals surface area contributed by atoms with Crippen LogP contribution in [0.15, 0.2) is 24.3 Å². The van der Waals surface area contributed by atoms with Gasteiger partial charge < -0.3 is 4.74 Å². The number of para-hydroxylation sites is 1. The molecule has 1 unspecified atom stereocenters. The van der Waals surface area contributed by atoms with Gasteiger partial charge in [0.25, 0.3) is 0 Å². The smallest absolute Gasteiger partial charge is 0.139 e. The minimum absolute atomic E-state index is 0.129. The molecule has 0 aliphatic heterocycles. The van der Waals surface area contributed by atoms with Crippen LogP contribution in [0.25, 0.3) is 10.9 Å². The monoisotopic (exact) mass is 260 g/mol. The van der Waals surface area contributed by atoms with Crippen molar-refractivity contribution in [3.8, 4) is 0 Å². The van der Waals surface area contributed by atoms with E-state index < -0.39 is 0 Å². The number of rotatable bonds is 6. The number of Topliss-reactive ketones (excluding diaryl/α,β-unsaturated/α-hetero) is 1. The predicted molar refractivity (Wildman–Crippen MR) is 75.1 cm³/mol. The quantitative estimate of drug-likeness (QED) is 0.801. The van der Waals surface area contributed by atoms with Gasteiger partial charge in [0.05, 0.1) is 23.7 Å². The summed E-state index contributed by atoms with van der Waals surface area (Å²) in [4.78, 5) is 12.0. The molecule has 1 aromatic carbocycles. The third-order valence-corrected chi connectivity index (χ3v) is 3.43. The highest BCUT2D eigenvalue weighted by molar-refractivity contribution is 5.88. The minimum atomic E-state index is 0.129. The highest BCUT2D eigenvalue weighted by atomic mass is 16.5. The van der Waals surface area contributed by atoms with Crippen LogP contribution in [-0.2, 0) is 23.0 Å². The highest BCUT2D eigenvalue weighted by Gasteiger charge is 2.13. The summed E-state index contributed by atoms with van der Waals surface area (Å²) in [6.07, 6.45) is 1.84. The van der Waals surface area contributed by atoms with Crippen LogP contribution in [-0.4, -0.2) is 28.8 Å². The molecule has 4 nitrogen and oxygen atoms in total. The molecule has 1 atom stereocenters. The summed E-state index contributed by atoms with van der Waals surface area (Å²) in [7, 11) is 3.57. The first-order valence-corrected chi connectivity index (χ1v) is 6.57. The van der Waals surface area contributed by atoms with E-state index in [1.54, 1.807) is 7.11 Å². The molecule has 0 saturated heterocycles. The molecule has 0 bridgehead atoms. The fourth-order valence-electron chi connectivity index (χ4n) is 2.18. The fourth-order valence-corrected chi connectivity index (χ4v) is 2.18. The molecule has 0 amide bonds. The lowest BCUT2D eigenvalue weighted by molar-refractivity contribution is -0.119. The Kier molecular flexibility index (Phi) is 4.32. The van der Waals surface area contributed by atoms with Gasteiger partial charge in [0.2, 0.25) is 0 Å². The molecule has 0 saturated carbocycles. The molecule has 0 aliphatic rings. The lowest BCUT2D eigenvalue weighted by atomic mass is 10.1. The van der Waals surface area contributed by atoms with E-state index in [2.05, 4.69) is 5.10 Å². The van der Waals surface area contributed by atoms with Crippen LogP contribution in [0.4, 0.5) is 0 Å². The topological polar surface area (TPSA) is 44.1 Å². The highest BCUT2D eigenvalue weighted by Crippen LogP contribution is 2.18. The van der Waals surface area contributed by atoms with Gasteiger partial charge in [0.1, 0.15) is 5.78 Å². The Morgan fingerprint density at radius 2 is 2.16 bits per heavy atom. The number of hydrogen-bond donors (Lipinski definition) is 0. The molecule has 4 heteroatoms. The maximum absolute atomic E-state index is 12.0. The van der Waals surface area contributed by atoms with Gasteiger partial charge >= 0.3 is 0 Å². The summed E-state index contributed by atoms with van der Waals surface area (Å²) >= 11 is 0. The van der Waals surface area contributed by atoms with E-state index in [1.165, 1.54) is 0 Å². The van der Waals surface area contributed by atoms with Crippen molar-refractivity contribution in [1.82, 2.24) is 9.78 Å². The number of carbonyl (C=O) groups excluding carboxylic acids is 1. The largest absolute Gasteiger partial charge is 0.382 e. The summed E-state index contributed by atoms with van der Waals surface area (Å²) in [5, 5.41) is 5.51. The van der Waals surface area contributed by atoms with Crippen LogP contribution < -0.4 is 0 Å². The molecule has 2 aromatic rings. The van der Waals surface area contributed by atoms with Gasteiger partial charge in [-0.25, -0.2) is 0 Å². The first kappa shape index (κ1) is 13.7. The van der Waals surface area contributed by atoms with E-state index in [1.807, 2.05) is 42.9 Å². The Morgan fingerprint density at radius 1 is 1.42 bits per heavy atom. The van der Waals surface area contributed by atoms with Crippen molar-refractivity contribution < 1.29 is 9.53 Å². The third kappa shape index (κ3) is 3.20. The van der Waals surface area contributed by atoms with Crippen molar-refractivity contribution in [2.45, 2.75) is 32.3 Å². The van der Waals surface area contributed by atoms with Crippen LogP contribution in [0.5, 0.6) is 0 Å². The Balaban J connectivity index is 2.07. The molecule has 0 radical (unpaired) electrons. The van der Waals surface area contributed by atoms with Crippen molar-refractivity contribution in [3.63, 3.8) is 0 Å². The normalized spacial score (nSPS) is 12.8. The molecule has 19 heavy (non-hydrogen) atoms. The number of methoxy groups -OCH3 is 1. The predicted octanol–water partition coefficient (Wildman–Crippen LogP) is 2.50. The second-order valence-electron chi connectivity index (χ2n) is 4.89. The zero-order valence-electron chi connectivity index (χ0n) is 11.7. The zero-order chi connectivity index (χ0) is 13.8. The first-order chi connectivity index (χ1) is 9.11. The van der Waals surface area contributed by atoms with E-state index >= 15 is 0 Å². The molecule has 1 heterocycles. The second-order valence-corrected chi connectivity index (χ2v) is 4.89. The summed E-state index contributed by atoms with van der Waals surface area (Å²) in [6, 6.07) is 7.99. The van der Waals surface area contributed by atoms with Gasteiger partial charge in [-0.15, -0.1) is 0 Å². The number of aryl methyl sites for hydroxylation is 1. The summed E-state index contributed by atoms with van der Waals surface area (Å²) < 4.78 is 6.98. The molecule has 2 rings (SSSR count). The number of ether oxygens (including phenoxy) is 1. The standard InChI is InChI=1S/C15H20N2O2/c1-11(19-3)8-9-12(18)10-14-13-6-4-5-7-15(13)17(2)16-14/h4-7,11H,8-10H2,1-3H3. The number of fused-ring (bicyclic) bond motifs is 1. The molecule has 0 fully saturated rings. The van der Waals surface area contributed by atoms with Gasteiger partial charge in [-0.2, -0.15) is 5.10 Å². The zero-order valence-corrected chi connectivity index (χ0v) is 11.7. The van der Waals surface area contributed by atoms with Gasteiger partial charge in [-0.1, -0.05) is 18.2 Å². The lowest BCUT2D eigenvalue weighted by Crippen LogP contribution is -2.10. The van der Waals surface area contributed by atoms with Gasteiger partial charge in [0.15, 0.2) is 0 Å². The van der Waals surface area contributed by atoms with E-state index in [0.29, 0.717) is 12.8 Å². The summed E-state index contributed by atoms with van der Waals surface area (Å²) in [5.74, 6) is 0.216. The first-order valence-electron chi connectivity index (χ1n) is 6.57. The molecule has 0 N–H and O–H groups in total. The number of aromatic nitrogens is 2. The van der Waals surface area contributed by atoms with Gasteiger partial charge in [-0.3, -0.25) is 9.48 Å². The molecule has 0 aliphatic carbocycles. The van der Waals surface area contributed by atoms with Crippen LogP contribution in [0.3, 0.4) is 0 Å². The average Bonchev–Trinajstić information content (AvgIpc) is 2.73. The minimum Gasteiger partial charge on any atom is -0.382 e. The van der Waals surface area contributed by atoms with Crippen molar-refractivity contribution in [3.05, 3.63) is 30.0 Å². The van der Waals surface area contributed by atoms with Crippen LogP contribution >= 0.6 is 0 Å². The van der Waals surface area contributed by atoms with Crippen molar-refractivity contribution in [2.75, 3.05) is 7.11 Å². The summed E-state index contributed by atoms with van der Waals surface area (Å²) in [5.41, 5.74) is 1.93. The Hall–Kier alpha value is -1.68. The SMILES string of the molecule is COC(C)CCC(=O)Cc1nn(C)c2ccccc12. The van der Waals surface area contributed by atoms with Gasteiger partial charge in [0, 0.05) is 26.0 Å². The molecule has 0 spiro atoms. The Bertz CT molecular complexity index is 575. The van der Waals surface area contributed by atoms with E-state index in [4.69, 9.17) is 4.74 Å². The van der Waals surface area contributed by atoms with Crippen LogP contribution in [0, 0.1) is 0 Å². The molecule has 102 valence electrons. The Labute approximate surface area is 113 Å². The molecular formula is C15H20N2O2. The number of hydrogen-bond acceptors (Lipinski definition) is 3. The van der Waals surface area contributed by atoms with E-state index in [0.717, 1.165) is 23.0 Å². The Morgan fingerprint density at radius 3 is 2.89 bits per heavy atom. The second kappa shape index (κ2) is 5.97. The number of carbonyl (C=O) groups is 1. The van der Waals surface area contributed by atoms with Crippen molar-refractivity contribution in [2.24, 2.45) is 7.05 Å². The van der Waals surface area contributed by atoms with Crippen LogP contribution in [0.1, 0.15) is 25.5 Å². The molecule has 1 aromatic heterocycles. The van der Waals surface area contributed by atoms with Crippen LogP contribution in [0.2, 0.25) is 0 Å². The van der Waals surface area contributed by atoms with Gasteiger partial charge in [-0.05, 0) is 19.4 Å². The lowest BCUT2D eigenvalue weighted by Gasteiger charge is -2.07. The maximum Gasteiger partial charge on any atom is 0.139 e. The van der Waals surface area contributed by atoms with Crippen molar-refractivity contribution in [1.29, 1.82) is 0 Å². The number of ketones is 1. The summed E-state index contributed by atoms with van der Waals surface area (Å²) in [6.45, 7) is 1.98. The average molecular weight is 260 g/mol. The molecular weight excluding hydrogens is 240 g/mol. The number of benzene rings is 1. The maximum atomic E-state index is 12.0.